The third-order valence-corrected chi connectivity index (χ3v) is 18.8. The van der Waals surface area contributed by atoms with Gasteiger partial charge in [0, 0.05) is 51.2 Å². The predicted molar refractivity (Wildman–Crippen MR) is 369 cm³/mol. The summed E-state index contributed by atoms with van der Waals surface area (Å²) in [7, 11) is 0. The van der Waals surface area contributed by atoms with Gasteiger partial charge in [-0.3, -0.25) is 0 Å². The molecule has 0 aliphatic heterocycles. The van der Waals surface area contributed by atoms with E-state index in [1.54, 1.807) is 0 Å². The molecule has 3 unspecified atom stereocenters. The number of benzene rings is 11. The zero-order chi connectivity index (χ0) is 58.4. The van der Waals surface area contributed by atoms with Gasteiger partial charge < -0.3 is 14.7 Å². The molecule has 0 amide bonds. The molecule has 0 saturated carbocycles. The second kappa shape index (κ2) is 22.6. The fourth-order valence-electron chi connectivity index (χ4n) is 14.8. The van der Waals surface area contributed by atoms with E-state index in [1.165, 1.54) is 83.7 Å². The average Bonchev–Trinajstić information content (AvgIpc) is 1.52. The molecule has 16 rings (SSSR count). The Kier molecular flexibility index (Phi) is 13.6. The van der Waals surface area contributed by atoms with Crippen molar-refractivity contribution in [3.05, 3.63) is 367 Å². The van der Waals surface area contributed by atoms with Crippen molar-refractivity contribution in [2.24, 2.45) is 11.8 Å². The van der Waals surface area contributed by atoms with E-state index in [9.17, 15) is 0 Å². The zero-order valence-electron chi connectivity index (χ0n) is 49.1. The first-order valence-electron chi connectivity index (χ1n) is 31.2. The highest BCUT2D eigenvalue weighted by atomic mass is 15.2. The van der Waals surface area contributed by atoms with Crippen LogP contribution >= 0.6 is 0 Å². The van der Waals surface area contributed by atoms with E-state index in [2.05, 4.69) is 348 Å². The van der Waals surface area contributed by atoms with Gasteiger partial charge in [0.1, 0.15) is 0 Å². The summed E-state index contributed by atoms with van der Waals surface area (Å²) >= 11 is 0. The number of para-hydroxylation sites is 2. The Balaban J connectivity index is 0.905. The molecule has 3 atom stereocenters. The smallest absolute Gasteiger partial charge is 0.0726 e. The summed E-state index contributed by atoms with van der Waals surface area (Å²) in [6, 6.07) is 102. The van der Waals surface area contributed by atoms with Crippen LogP contribution in [0.15, 0.2) is 345 Å². The van der Waals surface area contributed by atoms with Crippen molar-refractivity contribution in [2.75, 3.05) is 14.7 Å². The second-order valence-electron chi connectivity index (χ2n) is 23.8. The van der Waals surface area contributed by atoms with Gasteiger partial charge >= 0.3 is 0 Å². The molecule has 88 heavy (non-hydrogen) atoms. The predicted octanol–water partition coefficient (Wildman–Crippen LogP) is 22.6. The Hall–Kier alpha value is -10.7. The van der Waals surface area contributed by atoms with Gasteiger partial charge in [0.05, 0.1) is 5.41 Å². The molecule has 0 fully saturated rings. The molecule has 3 nitrogen and oxygen atoms in total. The van der Waals surface area contributed by atoms with E-state index < -0.39 is 5.41 Å². The lowest BCUT2D eigenvalue weighted by atomic mass is 9.70. The second-order valence-corrected chi connectivity index (χ2v) is 23.8. The summed E-state index contributed by atoms with van der Waals surface area (Å²) in [6.45, 7) is 0. The topological polar surface area (TPSA) is 9.72 Å². The average molecular weight is 1130 g/mol. The van der Waals surface area contributed by atoms with E-state index in [4.69, 9.17) is 0 Å². The lowest BCUT2D eigenvalue weighted by Gasteiger charge is -2.34. The molecule has 1 spiro atoms. The van der Waals surface area contributed by atoms with Crippen molar-refractivity contribution in [2.45, 2.75) is 31.1 Å². The van der Waals surface area contributed by atoms with E-state index >= 15 is 0 Å². The third-order valence-electron chi connectivity index (χ3n) is 18.8. The SMILES string of the molecule is C1=CCCC(N(c2ccc(-c3ccccc3)cc2)c2cc(-c3cccc4c3-c3ccccc3C43c4ccccc4-c4ccc(N(c5ccccc5)c5ccc(-c6ccccc6)cc5)cc43)cc(N(C3=CCC(C4C=CC=CC4)C=C3)c3ccccc3)c2)=C1. The highest BCUT2D eigenvalue weighted by molar-refractivity contribution is 6.02. The third kappa shape index (κ3) is 9.21. The molecule has 0 bridgehead atoms. The molecule has 5 aliphatic carbocycles. The van der Waals surface area contributed by atoms with Crippen molar-refractivity contribution in [3.8, 4) is 55.6 Å². The summed E-state index contributed by atoms with van der Waals surface area (Å²) in [5.74, 6) is 0.912. The number of hydrogen-bond acceptors (Lipinski definition) is 3. The molecular weight excluding hydrogens is 1060 g/mol. The fraction of sp³-hybridized carbons (Fsp3) is 0.0824. The van der Waals surface area contributed by atoms with Gasteiger partial charge in [-0.2, -0.15) is 0 Å². The number of anilines is 7. The van der Waals surface area contributed by atoms with Crippen molar-refractivity contribution in [1.29, 1.82) is 0 Å². The van der Waals surface area contributed by atoms with Crippen LogP contribution in [-0.4, -0.2) is 0 Å². The molecule has 5 aliphatic rings. The zero-order valence-corrected chi connectivity index (χ0v) is 49.1. The van der Waals surface area contributed by atoms with Crippen LogP contribution in [0.2, 0.25) is 0 Å². The van der Waals surface area contributed by atoms with Gasteiger partial charge in [0.2, 0.25) is 0 Å². The minimum Gasteiger partial charge on any atom is -0.314 e. The highest BCUT2D eigenvalue weighted by Gasteiger charge is 2.52. The minimum absolute atomic E-state index is 0.430. The van der Waals surface area contributed by atoms with Crippen molar-refractivity contribution >= 4 is 39.8 Å². The maximum absolute atomic E-state index is 2.52. The number of nitrogens with zero attached hydrogens (tertiary/aromatic N) is 3. The van der Waals surface area contributed by atoms with E-state index in [0.29, 0.717) is 11.8 Å². The van der Waals surface area contributed by atoms with Crippen LogP contribution in [0.5, 0.6) is 0 Å². The summed E-state index contributed by atoms with van der Waals surface area (Å²) in [5.41, 5.74) is 27.0. The number of hydrogen-bond donors (Lipinski definition) is 0. The van der Waals surface area contributed by atoms with E-state index in [1.807, 2.05) is 0 Å². The van der Waals surface area contributed by atoms with Crippen molar-refractivity contribution in [3.63, 3.8) is 0 Å². The molecule has 11 aromatic rings. The Morgan fingerprint density at radius 3 is 1.47 bits per heavy atom. The van der Waals surface area contributed by atoms with Crippen LogP contribution in [0.4, 0.5) is 39.8 Å². The lowest BCUT2D eigenvalue weighted by molar-refractivity contribution is 0.476. The number of allylic oxidation sites excluding steroid dienone is 11. The Bertz CT molecular complexity index is 4610. The maximum atomic E-state index is 2.52. The van der Waals surface area contributed by atoms with Crippen LogP contribution in [-0.2, 0) is 5.41 Å². The molecule has 0 N–H and O–H groups in total. The Morgan fingerprint density at radius 2 is 0.841 bits per heavy atom. The molecule has 0 aromatic heterocycles. The summed E-state index contributed by atoms with van der Waals surface area (Å²) in [6.07, 6.45) is 27.2. The number of rotatable bonds is 13. The Labute approximate surface area is 517 Å². The summed E-state index contributed by atoms with van der Waals surface area (Å²) in [4.78, 5) is 7.45. The first-order valence-corrected chi connectivity index (χ1v) is 31.2. The highest BCUT2D eigenvalue weighted by Crippen LogP contribution is 2.65. The van der Waals surface area contributed by atoms with Gasteiger partial charge in [-0.15, -0.1) is 0 Å². The molecule has 3 heteroatoms. The van der Waals surface area contributed by atoms with Crippen molar-refractivity contribution in [1.82, 2.24) is 0 Å². The Morgan fingerprint density at radius 1 is 0.318 bits per heavy atom. The maximum Gasteiger partial charge on any atom is 0.0726 e. The van der Waals surface area contributed by atoms with E-state index in [0.717, 1.165) is 71.1 Å². The summed E-state index contributed by atoms with van der Waals surface area (Å²) < 4.78 is 0. The molecular formula is C85H65N3. The van der Waals surface area contributed by atoms with Crippen LogP contribution in [0.25, 0.3) is 55.6 Å². The monoisotopic (exact) mass is 1130 g/mol. The lowest BCUT2D eigenvalue weighted by Crippen LogP contribution is -2.26. The first kappa shape index (κ1) is 52.8. The normalized spacial score (nSPS) is 17.4. The minimum atomic E-state index is -0.622. The van der Waals surface area contributed by atoms with Crippen LogP contribution < -0.4 is 14.7 Å². The van der Waals surface area contributed by atoms with Crippen molar-refractivity contribution < 1.29 is 0 Å². The molecule has 420 valence electrons. The molecule has 0 radical (unpaired) electrons. The van der Waals surface area contributed by atoms with Crippen LogP contribution in [0.3, 0.4) is 0 Å². The van der Waals surface area contributed by atoms with Gasteiger partial charge in [-0.05, 0) is 206 Å². The fourth-order valence-corrected chi connectivity index (χ4v) is 14.8. The van der Waals surface area contributed by atoms with Gasteiger partial charge in [-0.1, -0.05) is 243 Å². The van der Waals surface area contributed by atoms with Crippen LogP contribution in [0, 0.1) is 11.8 Å². The number of fused-ring (bicyclic) bond motifs is 10. The first-order chi connectivity index (χ1) is 43.7. The molecule has 0 heterocycles. The van der Waals surface area contributed by atoms with Gasteiger partial charge in [0.25, 0.3) is 0 Å². The largest absolute Gasteiger partial charge is 0.314 e. The molecule has 0 saturated heterocycles. The summed E-state index contributed by atoms with van der Waals surface area (Å²) in [5, 5.41) is 0. The van der Waals surface area contributed by atoms with Gasteiger partial charge in [-0.25, -0.2) is 0 Å². The van der Waals surface area contributed by atoms with E-state index in [-0.39, 0.29) is 0 Å². The quantitative estimate of drug-likeness (QED) is 0.114. The molecule has 11 aromatic carbocycles. The van der Waals surface area contributed by atoms with Gasteiger partial charge in [0.15, 0.2) is 0 Å². The van der Waals surface area contributed by atoms with Crippen LogP contribution in [0.1, 0.15) is 47.9 Å². The standard InChI is InChI=1S/C85H65N3/c1-7-24-60(25-8-1)63-42-48-70(49-43-63)86(67-30-13-4-14-31-67)73-54-55-78-77-36-19-21-39-80(77)85(83(78)59-73)81-40-22-20-37-79(81)84-76(38-23-41-82(84)85)66-56-74(87(68-32-15-5-16-33-68)71-50-44-64(45-51-71)61-26-9-2-10-27-61)58-75(57-66)88(69-34-17-6-18-35-69)72-52-46-65(47-53-72)62-28-11-3-12-29-62/h1-17,19-26,28-34,36-44,46-59,61,64H,18,27,35,45H2.